The number of rotatable bonds is 4. The molecule has 2 amide bonds. The highest BCUT2D eigenvalue weighted by Crippen LogP contribution is 2.13. The predicted octanol–water partition coefficient (Wildman–Crippen LogP) is 2.75. The number of carbonyl (C=O) groups is 2. The van der Waals surface area contributed by atoms with E-state index in [9.17, 15) is 9.59 Å². The van der Waals surface area contributed by atoms with Gasteiger partial charge >= 0.3 is 0 Å². The Bertz CT molecular complexity index is 744. The van der Waals surface area contributed by atoms with Crippen molar-refractivity contribution >= 4 is 11.8 Å². The van der Waals surface area contributed by atoms with Gasteiger partial charge in [-0.3, -0.25) is 9.59 Å². The smallest absolute Gasteiger partial charge is 0.260 e. The number of nitrogens with zero attached hydrogens (tertiary/aromatic N) is 2. The Kier molecular flexibility index (Phi) is 5.89. The zero-order valence-electron chi connectivity index (χ0n) is 15.1. The van der Waals surface area contributed by atoms with E-state index < -0.39 is 0 Å². The van der Waals surface area contributed by atoms with E-state index >= 15 is 0 Å². The van der Waals surface area contributed by atoms with E-state index in [1.807, 2.05) is 66.4 Å². The van der Waals surface area contributed by atoms with Gasteiger partial charge in [0.15, 0.2) is 6.61 Å². The van der Waals surface area contributed by atoms with Crippen molar-refractivity contribution in [1.29, 1.82) is 0 Å². The molecule has 0 spiro atoms. The molecule has 136 valence electrons. The van der Waals surface area contributed by atoms with Crippen molar-refractivity contribution < 1.29 is 14.3 Å². The number of aryl methyl sites for hydroxylation is 1. The van der Waals surface area contributed by atoms with Crippen molar-refractivity contribution in [2.45, 2.75) is 13.3 Å². The van der Waals surface area contributed by atoms with Crippen LogP contribution in [-0.2, 0) is 4.79 Å². The van der Waals surface area contributed by atoms with Crippen LogP contribution in [0.25, 0.3) is 0 Å². The Labute approximate surface area is 154 Å². The van der Waals surface area contributed by atoms with Gasteiger partial charge in [0, 0.05) is 31.7 Å². The van der Waals surface area contributed by atoms with Gasteiger partial charge in [0.2, 0.25) is 0 Å². The Hall–Kier alpha value is -2.82. The summed E-state index contributed by atoms with van der Waals surface area (Å²) in [5, 5.41) is 0. The molecule has 0 bridgehead atoms. The summed E-state index contributed by atoms with van der Waals surface area (Å²) in [5.41, 5.74) is 1.84. The molecule has 0 N–H and O–H groups in total. The number of hydrogen-bond acceptors (Lipinski definition) is 3. The first-order valence-electron chi connectivity index (χ1n) is 8.95. The minimum Gasteiger partial charge on any atom is -0.484 e. The van der Waals surface area contributed by atoms with Gasteiger partial charge in [0.1, 0.15) is 5.75 Å². The van der Waals surface area contributed by atoms with E-state index in [-0.39, 0.29) is 18.4 Å². The summed E-state index contributed by atoms with van der Waals surface area (Å²) in [6, 6.07) is 16.9. The number of amides is 2. The van der Waals surface area contributed by atoms with Crippen molar-refractivity contribution in [3.63, 3.8) is 0 Å². The van der Waals surface area contributed by atoms with E-state index in [0.29, 0.717) is 37.5 Å². The predicted molar refractivity (Wildman–Crippen MR) is 100 cm³/mol. The maximum Gasteiger partial charge on any atom is 0.260 e. The van der Waals surface area contributed by atoms with E-state index in [2.05, 4.69) is 0 Å². The van der Waals surface area contributed by atoms with Crippen LogP contribution in [0.2, 0.25) is 0 Å². The summed E-state index contributed by atoms with van der Waals surface area (Å²) in [4.78, 5) is 28.6. The molecular formula is C21H24N2O3. The maximum atomic E-state index is 12.6. The lowest BCUT2D eigenvalue weighted by Crippen LogP contribution is -2.39. The molecule has 0 aromatic heterocycles. The first-order chi connectivity index (χ1) is 12.6. The molecule has 0 atom stereocenters. The van der Waals surface area contributed by atoms with Crippen LogP contribution in [0.1, 0.15) is 22.3 Å². The third-order valence-electron chi connectivity index (χ3n) is 4.54. The van der Waals surface area contributed by atoms with Crippen molar-refractivity contribution in [1.82, 2.24) is 9.80 Å². The lowest BCUT2D eigenvalue weighted by molar-refractivity contribution is -0.133. The van der Waals surface area contributed by atoms with Crippen LogP contribution in [0.15, 0.2) is 54.6 Å². The van der Waals surface area contributed by atoms with E-state index in [4.69, 9.17) is 4.74 Å². The normalized spacial score (nSPS) is 14.7. The van der Waals surface area contributed by atoms with Crippen LogP contribution in [-0.4, -0.2) is 54.4 Å². The van der Waals surface area contributed by atoms with Gasteiger partial charge in [-0.15, -0.1) is 0 Å². The summed E-state index contributed by atoms with van der Waals surface area (Å²) < 4.78 is 5.59. The first-order valence-corrected chi connectivity index (χ1v) is 8.95. The SMILES string of the molecule is Cc1ccc(OCC(=O)N2CCCN(C(=O)c3ccccc3)CC2)cc1. The maximum absolute atomic E-state index is 12.6. The quantitative estimate of drug-likeness (QED) is 0.850. The van der Waals surface area contributed by atoms with Crippen LogP contribution >= 0.6 is 0 Å². The van der Waals surface area contributed by atoms with Gasteiger partial charge in [-0.25, -0.2) is 0 Å². The lowest BCUT2D eigenvalue weighted by atomic mass is 10.2. The second-order valence-electron chi connectivity index (χ2n) is 6.49. The monoisotopic (exact) mass is 352 g/mol. The minimum absolute atomic E-state index is 0.0235. The van der Waals surface area contributed by atoms with E-state index in [0.717, 1.165) is 12.0 Å². The fraction of sp³-hybridized carbons (Fsp3) is 0.333. The molecule has 0 saturated carbocycles. The number of carbonyl (C=O) groups excluding carboxylic acids is 2. The van der Waals surface area contributed by atoms with Crippen LogP contribution in [0, 0.1) is 6.92 Å². The van der Waals surface area contributed by atoms with Gasteiger partial charge in [-0.05, 0) is 37.6 Å². The number of benzene rings is 2. The average molecular weight is 352 g/mol. The highest BCUT2D eigenvalue weighted by atomic mass is 16.5. The lowest BCUT2D eigenvalue weighted by Gasteiger charge is -2.22. The van der Waals surface area contributed by atoms with Crippen LogP contribution in [0.3, 0.4) is 0 Å². The molecule has 3 rings (SSSR count). The highest BCUT2D eigenvalue weighted by Gasteiger charge is 2.22. The topological polar surface area (TPSA) is 49.9 Å². The second kappa shape index (κ2) is 8.52. The average Bonchev–Trinajstić information content (AvgIpc) is 2.94. The van der Waals surface area contributed by atoms with Crippen LogP contribution in [0.5, 0.6) is 5.75 Å². The molecule has 1 fully saturated rings. The molecule has 2 aromatic carbocycles. The molecule has 1 aliphatic rings. The summed E-state index contributed by atoms with van der Waals surface area (Å²) >= 11 is 0. The largest absolute Gasteiger partial charge is 0.484 e. The summed E-state index contributed by atoms with van der Waals surface area (Å²) in [6.07, 6.45) is 0.773. The Morgan fingerprint density at radius 2 is 1.54 bits per heavy atom. The zero-order valence-corrected chi connectivity index (χ0v) is 15.1. The van der Waals surface area contributed by atoms with Gasteiger partial charge in [0.05, 0.1) is 0 Å². The third-order valence-corrected chi connectivity index (χ3v) is 4.54. The molecule has 2 aromatic rings. The third kappa shape index (κ3) is 4.63. The fourth-order valence-corrected chi connectivity index (χ4v) is 3.00. The molecule has 0 radical (unpaired) electrons. The standard InChI is InChI=1S/C21H24N2O3/c1-17-8-10-19(11-9-17)26-16-20(24)22-12-5-13-23(15-14-22)21(25)18-6-3-2-4-7-18/h2-4,6-11H,5,12-16H2,1H3. The summed E-state index contributed by atoms with van der Waals surface area (Å²) in [6.45, 7) is 4.42. The molecule has 1 aliphatic heterocycles. The van der Waals surface area contributed by atoms with Crippen molar-refractivity contribution in [2.24, 2.45) is 0 Å². The molecule has 26 heavy (non-hydrogen) atoms. The Morgan fingerprint density at radius 3 is 2.27 bits per heavy atom. The molecule has 5 heteroatoms. The first kappa shape index (κ1) is 18.0. The number of hydrogen-bond donors (Lipinski definition) is 0. The van der Waals surface area contributed by atoms with Gasteiger partial charge in [0.25, 0.3) is 11.8 Å². The van der Waals surface area contributed by atoms with E-state index in [1.165, 1.54) is 0 Å². The molecule has 5 nitrogen and oxygen atoms in total. The molecule has 1 heterocycles. The molecular weight excluding hydrogens is 328 g/mol. The van der Waals surface area contributed by atoms with Crippen molar-refractivity contribution in [2.75, 3.05) is 32.8 Å². The van der Waals surface area contributed by atoms with Crippen molar-refractivity contribution in [3.05, 3.63) is 65.7 Å². The molecule has 1 saturated heterocycles. The summed E-state index contributed by atoms with van der Waals surface area (Å²) in [5.74, 6) is 0.676. The van der Waals surface area contributed by atoms with Crippen molar-refractivity contribution in [3.8, 4) is 5.75 Å². The van der Waals surface area contributed by atoms with Gasteiger partial charge in [-0.2, -0.15) is 0 Å². The van der Waals surface area contributed by atoms with Crippen LogP contribution in [0.4, 0.5) is 0 Å². The molecule has 0 unspecified atom stereocenters. The van der Waals surface area contributed by atoms with Gasteiger partial charge < -0.3 is 14.5 Å². The fourth-order valence-electron chi connectivity index (χ4n) is 3.00. The highest BCUT2D eigenvalue weighted by molar-refractivity contribution is 5.94. The zero-order chi connectivity index (χ0) is 18.4. The Morgan fingerprint density at radius 1 is 0.885 bits per heavy atom. The molecule has 0 aliphatic carbocycles. The van der Waals surface area contributed by atoms with Crippen LogP contribution < -0.4 is 4.74 Å². The summed E-state index contributed by atoms with van der Waals surface area (Å²) in [7, 11) is 0. The Balaban J connectivity index is 1.52. The van der Waals surface area contributed by atoms with Gasteiger partial charge in [-0.1, -0.05) is 35.9 Å². The number of ether oxygens (including phenoxy) is 1. The van der Waals surface area contributed by atoms with E-state index in [1.54, 1.807) is 4.90 Å². The minimum atomic E-state index is -0.0421. The second-order valence-corrected chi connectivity index (χ2v) is 6.49.